The molecule has 5 heteroatoms. The number of rotatable bonds is 9. The Kier molecular flexibility index (Phi) is 17.2. The summed E-state index contributed by atoms with van der Waals surface area (Å²) in [4.78, 5) is 0. The number of para-hydroxylation sites is 3. The molecule has 3 aromatic carbocycles. The number of benzene rings is 3. The fraction of sp³-hybridized carbons (Fsp3) is 0.471. The van der Waals surface area contributed by atoms with Crippen molar-refractivity contribution in [2.75, 3.05) is 33.0 Å². The van der Waals surface area contributed by atoms with Crippen molar-refractivity contribution in [3.05, 3.63) is 91.0 Å². The molecule has 2 saturated heterocycles. The average molecular weight is 537 g/mol. The lowest BCUT2D eigenvalue weighted by molar-refractivity contribution is 0.263. The van der Waals surface area contributed by atoms with Crippen LogP contribution in [0.1, 0.15) is 53.4 Å². The first kappa shape index (κ1) is 32.2. The van der Waals surface area contributed by atoms with Crippen LogP contribution in [0.25, 0.3) is 0 Å². The van der Waals surface area contributed by atoms with E-state index in [2.05, 4.69) is 27.7 Å². The molecule has 1 saturated carbocycles. The van der Waals surface area contributed by atoms with Gasteiger partial charge in [0.25, 0.3) is 0 Å². The first-order chi connectivity index (χ1) is 19.2. The highest BCUT2D eigenvalue weighted by Gasteiger charge is 2.23. The first-order valence-electron chi connectivity index (χ1n) is 14.4. The van der Waals surface area contributed by atoms with Crippen LogP contribution in [0.2, 0.25) is 0 Å². The Labute approximate surface area is 236 Å². The molecule has 0 N–H and O–H groups in total. The Balaban J connectivity index is 0.000000186. The predicted molar refractivity (Wildman–Crippen MR) is 160 cm³/mol. The summed E-state index contributed by atoms with van der Waals surface area (Å²) in [5.74, 6) is 3.68. The molecule has 2 heterocycles. The maximum Gasteiger partial charge on any atom is 0.119 e. The molecule has 39 heavy (non-hydrogen) atoms. The van der Waals surface area contributed by atoms with Crippen molar-refractivity contribution >= 4 is 0 Å². The van der Waals surface area contributed by atoms with Gasteiger partial charge in [0.1, 0.15) is 42.7 Å². The largest absolute Gasteiger partial charge is 0.493 e. The molecule has 0 bridgehead atoms. The molecule has 3 aromatic rings. The predicted octanol–water partition coefficient (Wildman–Crippen LogP) is 8.24. The van der Waals surface area contributed by atoms with Gasteiger partial charge in [-0.15, -0.1) is 0 Å². The first-order valence-corrected chi connectivity index (χ1v) is 14.4. The second-order valence-corrected chi connectivity index (χ2v) is 9.64. The standard InChI is InChI=1S/C10H12O.2C9H10O2.2C3H8/c1-2-4-10(5-3-1)11-8-9-6-7-9;2*1-2-4-8(5-3-1)10-6-9-7-11-9;2*1-3-2/h1-5,9H,6-8H2;2*1-5,9H,6-7H2;2*3H2,1-2H3. The maximum absolute atomic E-state index is 5.53. The van der Waals surface area contributed by atoms with Crippen molar-refractivity contribution in [2.24, 2.45) is 5.92 Å². The van der Waals surface area contributed by atoms with Crippen LogP contribution in [0.4, 0.5) is 0 Å². The van der Waals surface area contributed by atoms with Crippen molar-refractivity contribution in [3.63, 3.8) is 0 Å². The summed E-state index contributed by atoms with van der Waals surface area (Å²) in [5.41, 5.74) is 0. The number of hydrogen-bond donors (Lipinski definition) is 0. The highest BCUT2D eigenvalue weighted by molar-refractivity contribution is 5.22. The van der Waals surface area contributed by atoms with Crippen LogP contribution in [0.3, 0.4) is 0 Å². The second-order valence-electron chi connectivity index (χ2n) is 9.64. The summed E-state index contributed by atoms with van der Waals surface area (Å²) in [6.45, 7) is 12.5. The lowest BCUT2D eigenvalue weighted by Gasteiger charge is -2.02. The highest BCUT2D eigenvalue weighted by atomic mass is 16.6. The van der Waals surface area contributed by atoms with Gasteiger partial charge in [0.05, 0.1) is 19.8 Å². The van der Waals surface area contributed by atoms with Gasteiger partial charge in [-0.1, -0.05) is 95.1 Å². The summed E-state index contributed by atoms with van der Waals surface area (Å²) in [5, 5.41) is 0. The van der Waals surface area contributed by atoms with E-state index in [1.54, 1.807) is 0 Å². The lowest BCUT2D eigenvalue weighted by Crippen LogP contribution is -2.03. The van der Waals surface area contributed by atoms with Crippen LogP contribution in [0.5, 0.6) is 17.2 Å². The Bertz CT molecular complexity index is 799. The molecule has 2 atom stereocenters. The van der Waals surface area contributed by atoms with Gasteiger partial charge in [-0.2, -0.15) is 0 Å². The molecule has 214 valence electrons. The molecule has 5 nitrogen and oxygen atoms in total. The fourth-order valence-electron chi connectivity index (χ4n) is 2.76. The summed E-state index contributed by atoms with van der Waals surface area (Å²) in [6, 6.07) is 29.6. The van der Waals surface area contributed by atoms with Crippen molar-refractivity contribution in [1.29, 1.82) is 0 Å². The smallest absolute Gasteiger partial charge is 0.119 e. The highest BCUT2D eigenvalue weighted by Crippen LogP contribution is 2.29. The number of hydrogen-bond acceptors (Lipinski definition) is 5. The molecule has 1 aliphatic carbocycles. The molecule has 0 aromatic heterocycles. The number of ether oxygens (including phenoxy) is 5. The van der Waals surface area contributed by atoms with E-state index in [1.165, 1.54) is 25.7 Å². The van der Waals surface area contributed by atoms with Crippen LogP contribution in [0, 0.1) is 5.92 Å². The Hall–Kier alpha value is -3.02. The second kappa shape index (κ2) is 20.9. The minimum Gasteiger partial charge on any atom is -0.493 e. The third kappa shape index (κ3) is 18.8. The summed E-state index contributed by atoms with van der Waals surface area (Å²) < 4.78 is 26.4. The van der Waals surface area contributed by atoms with Crippen LogP contribution in [0.15, 0.2) is 91.0 Å². The minimum absolute atomic E-state index is 0.343. The SMILES string of the molecule is CCC.CCC.c1ccc(OCC2CC2)cc1.c1ccc(OCC2CO2)cc1.c1ccc(OCC2CO2)cc1. The normalized spacial score (nSPS) is 17.5. The van der Waals surface area contributed by atoms with Gasteiger partial charge >= 0.3 is 0 Å². The summed E-state index contributed by atoms with van der Waals surface area (Å²) >= 11 is 0. The molecule has 3 aliphatic rings. The number of epoxide rings is 2. The molecule has 3 fully saturated rings. The van der Waals surface area contributed by atoms with Crippen molar-refractivity contribution < 1.29 is 23.7 Å². The van der Waals surface area contributed by atoms with Gasteiger partial charge in [0.2, 0.25) is 0 Å². The van der Waals surface area contributed by atoms with E-state index in [0.717, 1.165) is 43.0 Å². The average Bonchev–Trinajstić information content (AvgIpc) is 3.84. The van der Waals surface area contributed by atoms with Crippen LogP contribution < -0.4 is 14.2 Å². The zero-order valence-corrected chi connectivity index (χ0v) is 24.3. The summed E-state index contributed by atoms with van der Waals surface area (Å²) in [7, 11) is 0. The van der Waals surface area contributed by atoms with E-state index in [4.69, 9.17) is 23.7 Å². The Morgan fingerprint density at radius 2 is 0.795 bits per heavy atom. The van der Waals surface area contributed by atoms with Crippen LogP contribution >= 0.6 is 0 Å². The Morgan fingerprint density at radius 1 is 0.513 bits per heavy atom. The summed E-state index contributed by atoms with van der Waals surface area (Å²) in [6.07, 6.45) is 5.89. The molecule has 0 radical (unpaired) electrons. The van der Waals surface area contributed by atoms with Crippen molar-refractivity contribution in [3.8, 4) is 17.2 Å². The van der Waals surface area contributed by atoms with Gasteiger partial charge < -0.3 is 23.7 Å². The lowest BCUT2D eigenvalue weighted by atomic mass is 10.3. The molecule has 2 unspecified atom stereocenters. The topological polar surface area (TPSA) is 52.8 Å². The third-order valence-electron chi connectivity index (χ3n) is 5.09. The van der Waals surface area contributed by atoms with E-state index in [1.807, 2.05) is 91.0 Å². The van der Waals surface area contributed by atoms with Crippen LogP contribution in [-0.2, 0) is 9.47 Å². The van der Waals surface area contributed by atoms with Crippen LogP contribution in [-0.4, -0.2) is 45.2 Å². The van der Waals surface area contributed by atoms with Crippen molar-refractivity contribution in [1.82, 2.24) is 0 Å². The maximum atomic E-state index is 5.53. The van der Waals surface area contributed by atoms with E-state index < -0.39 is 0 Å². The van der Waals surface area contributed by atoms with E-state index in [-0.39, 0.29) is 0 Å². The van der Waals surface area contributed by atoms with Gasteiger partial charge in [-0.05, 0) is 55.2 Å². The van der Waals surface area contributed by atoms with Crippen molar-refractivity contribution in [2.45, 2.75) is 65.6 Å². The van der Waals surface area contributed by atoms with Gasteiger partial charge in [0.15, 0.2) is 0 Å². The molecule has 2 aliphatic heterocycles. The molecule has 0 spiro atoms. The van der Waals surface area contributed by atoms with E-state index in [0.29, 0.717) is 25.4 Å². The molecule has 6 rings (SSSR count). The van der Waals surface area contributed by atoms with E-state index in [9.17, 15) is 0 Å². The minimum atomic E-state index is 0.343. The molecular weight excluding hydrogens is 488 g/mol. The van der Waals surface area contributed by atoms with Gasteiger partial charge in [0, 0.05) is 0 Å². The van der Waals surface area contributed by atoms with Gasteiger partial charge in [-0.3, -0.25) is 0 Å². The zero-order chi connectivity index (χ0) is 28.0. The fourth-order valence-corrected chi connectivity index (χ4v) is 2.76. The van der Waals surface area contributed by atoms with E-state index >= 15 is 0 Å². The molecular formula is C34H48O5. The third-order valence-corrected chi connectivity index (χ3v) is 5.09. The quantitative estimate of drug-likeness (QED) is 0.258. The Morgan fingerprint density at radius 3 is 1.05 bits per heavy atom. The zero-order valence-electron chi connectivity index (χ0n) is 24.3. The molecule has 0 amide bonds. The monoisotopic (exact) mass is 536 g/mol. The van der Waals surface area contributed by atoms with Gasteiger partial charge in [-0.25, -0.2) is 0 Å².